The number of nitrogens with zero attached hydrogens (tertiary/aromatic N) is 6. The van der Waals surface area contributed by atoms with Gasteiger partial charge in [-0.1, -0.05) is 12.8 Å². The van der Waals surface area contributed by atoms with Crippen molar-refractivity contribution in [3.05, 3.63) is 58.6 Å². The number of carbonyl (C=O) groups excluding carboxylic acids is 1. The van der Waals surface area contributed by atoms with Crippen LogP contribution in [0.2, 0.25) is 0 Å². The van der Waals surface area contributed by atoms with E-state index in [1.807, 2.05) is 0 Å². The van der Waals surface area contributed by atoms with Gasteiger partial charge in [0, 0.05) is 31.4 Å². The zero-order valence-corrected chi connectivity index (χ0v) is 19.4. The first-order chi connectivity index (χ1) is 17.1. The van der Waals surface area contributed by atoms with Gasteiger partial charge in [0.2, 0.25) is 5.88 Å². The number of hydrogen-bond acceptors (Lipinski definition) is 9. The van der Waals surface area contributed by atoms with E-state index in [9.17, 15) is 9.59 Å². The minimum atomic E-state index is -0.340. The number of nitrogens with one attached hydrogen (secondary N) is 3. The Morgan fingerprint density at radius 3 is 2.71 bits per heavy atom. The molecule has 0 bridgehead atoms. The largest absolute Gasteiger partial charge is 0.480 e. The summed E-state index contributed by atoms with van der Waals surface area (Å²) < 4.78 is 7.96. The fourth-order valence-corrected chi connectivity index (χ4v) is 4.16. The second-order valence-electron chi connectivity index (χ2n) is 8.18. The number of hydrogen-bond donors (Lipinski definition) is 3. The van der Waals surface area contributed by atoms with Crippen LogP contribution in [0.25, 0.3) is 11.5 Å². The van der Waals surface area contributed by atoms with E-state index in [-0.39, 0.29) is 23.2 Å². The molecular formula is C23H25N9O3. The van der Waals surface area contributed by atoms with Gasteiger partial charge in [0.05, 0.1) is 13.3 Å². The van der Waals surface area contributed by atoms with E-state index in [0.29, 0.717) is 34.5 Å². The first kappa shape index (κ1) is 22.3. The molecule has 0 aromatic carbocycles. The topological polar surface area (TPSA) is 140 Å². The van der Waals surface area contributed by atoms with E-state index in [4.69, 9.17) is 4.74 Å². The molecule has 1 fully saturated rings. The Hall–Kier alpha value is -4.48. The summed E-state index contributed by atoms with van der Waals surface area (Å²) in [4.78, 5) is 30.7. The molecule has 12 nitrogen and oxygen atoms in total. The number of amides is 1. The Labute approximate surface area is 200 Å². The van der Waals surface area contributed by atoms with Gasteiger partial charge in [-0.05, 0) is 31.0 Å². The molecule has 180 valence electrons. The molecule has 0 radical (unpaired) electrons. The lowest BCUT2D eigenvalue weighted by Crippen LogP contribution is -2.32. The minimum absolute atomic E-state index is 0.173. The summed E-state index contributed by atoms with van der Waals surface area (Å²) in [6, 6.07) is 8.51. The van der Waals surface area contributed by atoms with Gasteiger partial charge in [-0.3, -0.25) is 14.2 Å². The van der Waals surface area contributed by atoms with Crippen molar-refractivity contribution < 1.29 is 9.53 Å². The molecule has 1 saturated carbocycles. The Bertz CT molecular complexity index is 1420. The predicted molar refractivity (Wildman–Crippen MR) is 130 cm³/mol. The molecule has 0 saturated heterocycles. The van der Waals surface area contributed by atoms with Crippen LogP contribution >= 0.6 is 0 Å². The summed E-state index contributed by atoms with van der Waals surface area (Å²) in [6.45, 7) is 0. The van der Waals surface area contributed by atoms with Gasteiger partial charge >= 0.3 is 0 Å². The summed E-state index contributed by atoms with van der Waals surface area (Å²) in [5, 5.41) is 21.5. The summed E-state index contributed by atoms with van der Waals surface area (Å²) in [6.07, 6.45) is 7.30. The van der Waals surface area contributed by atoms with Gasteiger partial charge < -0.3 is 20.7 Å². The number of rotatable bonds is 7. The third kappa shape index (κ3) is 4.37. The van der Waals surface area contributed by atoms with E-state index in [1.165, 1.54) is 17.9 Å². The van der Waals surface area contributed by atoms with E-state index in [0.717, 1.165) is 25.7 Å². The van der Waals surface area contributed by atoms with Crippen molar-refractivity contribution in [2.75, 3.05) is 24.8 Å². The van der Waals surface area contributed by atoms with E-state index in [1.54, 1.807) is 48.1 Å². The van der Waals surface area contributed by atoms with Crippen molar-refractivity contribution in [2.24, 2.45) is 0 Å². The van der Waals surface area contributed by atoms with Crippen molar-refractivity contribution in [3.63, 3.8) is 0 Å². The highest BCUT2D eigenvalue weighted by molar-refractivity contribution is 6.00. The van der Waals surface area contributed by atoms with Crippen LogP contribution in [0.1, 0.15) is 36.0 Å². The molecule has 3 N–H and O–H groups in total. The monoisotopic (exact) mass is 475 g/mol. The van der Waals surface area contributed by atoms with Crippen LogP contribution in [0.4, 0.5) is 17.3 Å². The number of pyridine rings is 1. The molecule has 12 heteroatoms. The first-order valence-electron chi connectivity index (χ1n) is 11.3. The number of carbonyl (C=O) groups is 1. The normalized spacial score (nSPS) is 13.7. The molecule has 0 unspecified atom stereocenters. The van der Waals surface area contributed by atoms with Crippen LogP contribution in [-0.4, -0.2) is 55.5 Å². The molecular weight excluding hydrogens is 450 g/mol. The molecule has 1 amide bonds. The lowest BCUT2D eigenvalue weighted by molar-refractivity contribution is 0.0939. The zero-order valence-electron chi connectivity index (χ0n) is 19.4. The van der Waals surface area contributed by atoms with Crippen LogP contribution in [0.15, 0.2) is 47.5 Å². The van der Waals surface area contributed by atoms with E-state index >= 15 is 0 Å². The highest BCUT2D eigenvalue weighted by Crippen LogP contribution is 2.22. The lowest BCUT2D eigenvalue weighted by Gasteiger charge is -2.12. The molecule has 0 atom stereocenters. The maximum absolute atomic E-state index is 13.1. The number of ether oxygens (including phenoxy) is 1. The summed E-state index contributed by atoms with van der Waals surface area (Å²) in [5.41, 5.74) is 0.691. The SMILES string of the molecule is CNc1cc(Nc2cccn(-c3ccc(OC)nn3)c2=O)nc2c(C(=O)NC3CCCC3)cnn12. The molecule has 4 aromatic heterocycles. The molecule has 0 spiro atoms. The Balaban J connectivity index is 1.48. The third-order valence-corrected chi connectivity index (χ3v) is 5.95. The van der Waals surface area contributed by atoms with E-state index < -0.39 is 0 Å². The fourth-order valence-electron chi connectivity index (χ4n) is 4.16. The molecule has 0 aliphatic heterocycles. The van der Waals surface area contributed by atoms with Gasteiger partial charge in [0.1, 0.15) is 22.9 Å². The van der Waals surface area contributed by atoms with Crippen LogP contribution in [-0.2, 0) is 0 Å². The Morgan fingerprint density at radius 2 is 2.00 bits per heavy atom. The number of methoxy groups -OCH3 is 1. The number of anilines is 3. The van der Waals surface area contributed by atoms with Crippen LogP contribution < -0.4 is 26.2 Å². The van der Waals surface area contributed by atoms with Gasteiger partial charge in [-0.15, -0.1) is 10.2 Å². The number of aromatic nitrogens is 6. The fraction of sp³-hybridized carbons (Fsp3) is 0.304. The van der Waals surface area contributed by atoms with Gasteiger partial charge in [0.25, 0.3) is 11.5 Å². The average molecular weight is 476 g/mol. The maximum Gasteiger partial charge on any atom is 0.280 e. The molecule has 1 aliphatic rings. The highest BCUT2D eigenvalue weighted by atomic mass is 16.5. The van der Waals surface area contributed by atoms with Crippen molar-refractivity contribution >= 4 is 28.9 Å². The highest BCUT2D eigenvalue weighted by Gasteiger charge is 2.22. The van der Waals surface area contributed by atoms with Gasteiger partial charge in [-0.25, -0.2) is 4.98 Å². The molecule has 4 aromatic rings. The van der Waals surface area contributed by atoms with Crippen LogP contribution in [0.3, 0.4) is 0 Å². The average Bonchev–Trinajstić information content (AvgIpc) is 3.55. The summed E-state index contributed by atoms with van der Waals surface area (Å²) >= 11 is 0. The van der Waals surface area contributed by atoms with Crippen LogP contribution in [0.5, 0.6) is 5.88 Å². The zero-order chi connectivity index (χ0) is 24.4. The van der Waals surface area contributed by atoms with Gasteiger partial charge in [-0.2, -0.15) is 9.61 Å². The molecule has 4 heterocycles. The van der Waals surface area contributed by atoms with Crippen LogP contribution in [0, 0.1) is 0 Å². The minimum Gasteiger partial charge on any atom is -0.480 e. The first-order valence-corrected chi connectivity index (χ1v) is 11.3. The van der Waals surface area contributed by atoms with Crippen molar-refractivity contribution in [1.29, 1.82) is 0 Å². The molecule has 1 aliphatic carbocycles. The summed E-state index contributed by atoms with van der Waals surface area (Å²) in [5.74, 6) is 1.48. The van der Waals surface area contributed by atoms with Crippen molar-refractivity contribution in [3.8, 4) is 11.7 Å². The van der Waals surface area contributed by atoms with E-state index in [2.05, 4.69) is 36.2 Å². The van der Waals surface area contributed by atoms with Gasteiger partial charge in [0.15, 0.2) is 11.5 Å². The molecule has 5 rings (SSSR count). The quantitative estimate of drug-likeness (QED) is 0.367. The summed E-state index contributed by atoms with van der Waals surface area (Å²) in [7, 11) is 3.24. The Morgan fingerprint density at radius 1 is 1.17 bits per heavy atom. The second kappa shape index (κ2) is 9.41. The standard InChI is InChI=1S/C23H25N9O3/c1-24-19-12-17(28-21-15(13-25-32(19)21)22(33)26-14-6-3-4-7-14)27-16-8-5-11-31(23(16)34)18-9-10-20(35-2)30-29-18/h5,8-14,24H,3-4,6-7H2,1-2H3,(H,26,33)(H,27,28). The predicted octanol–water partition coefficient (Wildman–Crippen LogP) is 2.14. The molecule has 35 heavy (non-hydrogen) atoms. The maximum atomic E-state index is 13.1. The third-order valence-electron chi connectivity index (χ3n) is 5.95. The Kier molecular flexibility index (Phi) is 6.00. The number of fused-ring (bicyclic) bond motifs is 1. The van der Waals surface area contributed by atoms with Crippen molar-refractivity contribution in [2.45, 2.75) is 31.7 Å². The lowest BCUT2D eigenvalue weighted by atomic mass is 10.2. The second-order valence-corrected chi connectivity index (χ2v) is 8.18. The smallest absolute Gasteiger partial charge is 0.280 e. The van der Waals surface area contributed by atoms with Crippen molar-refractivity contribution in [1.82, 2.24) is 34.7 Å².